The molecule has 74 valence electrons. The van der Waals surface area contributed by atoms with E-state index in [1.165, 1.54) is 7.11 Å². The topological polar surface area (TPSA) is 46.5 Å². The van der Waals surface area contributed by atoms with Crippen molar-refractivity contribution < 1.29 is 14.6 Å². The fourth-order valence-corrected chi connectivity index (χ4v) is 3.02. The Kier molecular flexibility index (Phi) is 2.28. The van der Waals surface area contributed by atoms with Crippen LogP contribution in [0.25, 0.3) is 0 Å². The van der Waals surface area contributed by atoms with E-state index in [-0.39, 0.29) is 18.0 Å². The first kappa shape index (κ1) is 9.00. The van der Waals surface area contributed by atoms with Gasteiger partial charge in [-0.05, 0) is 37.5 Å². The molecule has 0 radical (unpaired) electrons. The van der Waals surface area contributed by atoms with Gasteiger partial charge in [-0.2, -0.15) is 0 Å². The van der Waals surface area contributed by atoms with Crippen molar-refractivity contribution in [3.63, 3.8) is 0 Å². The second-order valence-electron chi connectivity index (χ2n) is 4.27. The van der Waals surface area contributed by atoms with Crippen molar-refractivity contribution >= 4 is 5.97 Å². The third-order valence-corrected chi connectivity index (χ3v) is 3.55. The molecule has 0 heterocycles. The summed E-state index contributed by atoms with van der Waals surface area (Å²) in [5.74, 6) is 0.759. The van der Waals surface area contributed by atoms with E-state index in [1.54, 1.807) is 0 Å². The minimum Gasteiger partial charge on any atom is -0.469 e. The lowest BCUT2D eigenvalue weighted by Gasteiger charge is -2.30. The van der Waals surface area contributed by atoms with Gasteiger partial charge in [0.05, 0.1) is 19.1 Å². The van der Waals surface area contributed by atoms with Crippen LogP contribution < -0.4 is 0 Å². The molecule has 0 amide bonds. The van der Waals surface area contributed by atoms with Gasteiger partial charge in [0, 0.05) is 0 Å². The molecule has 0 aliphatic heterocycles. The fourth-order valence-electron chi connectivity index (χ4n) is 3.02. The van der Waals surface area contributed by atoms with Crippen LogP contribution in [0.1, 0.15) is 25.7 Å². The number of hydrogen-bond donors (Lipinski definition) is 1. The van der Waals surface area contributed by atoms with Crippen LogP contribution in [0.5, 0.6) is 0 Å². The second-order valence-corrected chi connectivity index (χ2v) is 4.27. The van der Waals surface area contributed by atoms with Gasteiger partial charge in [0.25, 0.3) is 0 Å². The molecule has 2 unspecified atom stereocenters. The van der Waals surface area contributed by atoms with Gasteiger partial charge in [0.1, 0.15) is 0 Å². The number of carbonyl (C=O) groups is 1. The minimum absolute atomic E-state index is 0.0700. The van der Waals surface area contributed by atoms with Crippen molar-refractivity contribution in [3.8, 4) is 0 Å². The first-order valence-corrected chi connectivity index (χ1v) is 4.98. The smallest absolute Gasteiger partial charge is 0.309 e. The number of ether oxygens (including phenoxy) is 1. The van der Waals surface area contributed by atoms with Crippen molar-refractivity contribution in [2.24, 2.45) is 17.8 Å². The number of rotatable bonds is 1. The van der Waals surface area contributed by atoms with E-state index in [1.807, 2.05) is 0 Å². The lowest BCUT2D eigenvalue weighted by Crippen LogP contribution is -2.34. The second kappa shape index (κ2) is 3.29. The van der Waals surface area contributed by atoms with Gasteiger partial charge in [0.15, 0.2) is 0 Å². The maximum Gasteiger partial charge on any atom is 0.309 e. The highest BCUT2D eigenvalue weighted by Crippen LogP contribution is 2.47. The van der Waals surface area contributed by atoms with Gasteiger partial charge >= 0.3 is 5.97 Å². The van der Waals surface area contributed by atoms with Crippen molar-refractivity contribution in [1.29, 1.82) is 0 Å². The van der Waals surface area contributed by atoms with Gasteiger partial charge < -0.3 is 9.84 Å². The summed E-state index contributed by atoms with van der Waals surface area (Å²) in [5.41, 5.74) is 0. The van der Waals surface area contributed by atoms with E-state index in [0.717, 1.165) is 25.7 Å². The summed E-state index contributed by atoms with van der Waals surface area (Å²) >= 11 is 0. The van der Waals surface area contributed by atoms with Crippen LogP contribution in [0.2, 0.25) is 0 Å². The van der Waals surface area contributed by atoms with E-state index in [2.05, 4.69) is 0 Å². The number of fused-ring (bicyclic) bond motifs is 2. The van der Waals surface area contributed by atoms with Gasteiger partial charge in [0.2, 0.25) is 0 Å². The van der Waals surface area contributed by atoms with Crippen LogP contribution in [0.4, 0.5) is 0 Å². The van der Waals surface area contributed by atoms with Crippen molar-refractivity contribution in [2.45, 2.75) is 31.8 Å². The molecule has 0 spiro atoms. The highest BCUT2D eigenvalue weighted by atomic mass is 16.5. The third kappa shape index (κ3) is 1.46. The summed E-state index contributed by atoms with van der Waals surface area (Å²) in [4.78, 5) is 11.4. The molecule has 2 aliphatic carbocycles. The van der Waals surface area contributed by atoms with Crippen LogP contribution in [-0.4, -0.2) is 24.3 Å². The Labute approximate surface area is 78.1 Å². The SMILES string of the molecule is COC(=O)C1C2CCC1CC(O)C2. The zero-order valence-corrected chi connectivity index (χ0v) is 7.90. The van der Waals surface area contributed by atoms with E-state index < -0.39 is 0 Å². The summed E-state index contributed by atoms with van der Waals surface area (Å²) in [6.45, 7) is 0. The van der Waals surface area contributed by atoms with Crippen LogP contribution >= 0.6 is 0 Å². The Morgan fingerprint density at radius 1 is 1.31 bits per heavy atom. The summed E-state index contributed by atoms with van der Waals surface area (Å²) in [7, 11) is 1.45. The Bertz CT molecular complexity index is 200. The molecule has 2 atom stereocenters. The van der Waals surface area contributed by atoms with E-state index in [4.69, 9.17) is 4.74 Å². The fraction of sp³-hybridized carbons (Fsp3) is 0.900. The largest absolute Gasteiger partial charge is 0.469 e. The molecule has 2 rings (SSSR count). The van der Waals surface area contributed by atoms with Crippen molar-refractivity contribution in [3.05, 3.63) is 0 Å². The van der Waals surface area contributed by atoms with Crippen molar-refractivity contribution in [2.75, 3.05) is 7.11 Å². The molecule has 2 fully saturated rings. The number of esters is 1. The molecule has 2 saturated carbocycles. The zero-order valence-electron chi connectivity index (χ0n) is 7.90. The predicted octanol–water partition coefficient (Wildman–Crippen LogP) is 0.956. The molecule has 13 heavy (non-hydrogen) atoms. The van der Waals surface area contributed by atoms with E-state index >= 15 is 0 Å². The lowest BCUT2D eigenvalue weighted by atomic mass is 9.77. The van der Waals surface area contributed by atoms with Crippen LogP contribution in [0.15, 0.2) is 0 Å². The molecule has 0 saturated heterocycles. The monoisotopic (exact) mass is 184 g/mol. The summed E-state index contributed by atoms with van der Waals surface area (Å²) < 4.78 is 4.79. The molecular formula is C10H16O3. The van der Waals surface area contributed by atoms with Crippen LogP contribution in [-0.2, 0) is 9.53 Å². The van der Waals surface area contributed by atoms with Gasteiger partial charge in [-0.15, -0.1) is 0 Å². The third-order valence-electron chi connectivity index (χ3n) is 3.55. The minimum atomic E-state index is -0.182. The molecule has 3 nitrogen and oxygen atoms in total. The van der Waals surface area contributed by atoms with Crippen LogP contribution in [0.3, 0.4) is 0 Å². The van der Waals surface area contributed by atoms with Gasteiger partial charge in [-0.3, -0.25) is 4.79 Å². The van der Waals surface area contributed by atoms with Gasteiger partial charge in [-0.25, -0.2) is 0 Å². The molecule has 0 aromatic carbocycles. The average molecular weight is 184 g/mol. The number of aliphatic hydroxyl groups is 1. The highest BCUT2D eigenvalue weighted by Gasteiger charge is 2.46. The average Bonchev–Trinajstić information content (AvgIpc) is 2.37. The Morgan fingerprint density at radius 2 is 1.85 bits per heavy atom. The van der Waals surface area contributed by atoms with Gasteiger partial charge in [-0.1, -0.05) is 0 Å². The number of aliphatic hydroxyl groups excluding tert-OH is 1. The quantitative estimate of drug-likeness (QED) is 0.617. The summed E-state index contributed by atoms with van der Waals surface area (Å²) in [5, 5.41) is 9.51. The number of hydrogen-bond acceptors (Lipinski definition) is 3. The molecular weight excluding hydrogens is 168 g/mol. The Hall–Kier alpha value is -0.570. The standard InChI is InChI=1S/C10H16O3/c1-13-10(12)9-6-2-3-7(9)5-8(11)4-6/h6-9,11H,2-5H2,1H3. The molecule has 1 N–H and O–H groups in total. The van der Waals surface area contributed by atoms with Crippen molar-refractivity contribution in [1.82, 2.24) is 0 Å². The predicted molar refractivity (Wildman–Crippen MR) is 47.0 cm³/mol. The summed E-state index contributed by atoms with van der Waals surface area (Å²) in [6.07, 6.45) is 3.56. The number of methoxy groups -OCH3 is 1. The zero-order chi connectivity index (χ0) is 9.42. The van der Waals surface area contributed by atoms with Crippen LogP contribution in [0, 0.1) is 17.8 Å². The van der Waals surface area contributed by atoms with E-state index in [0.29, 0.717) is 11.8 Å². The first-order valence-electron chi connectivity index (χ1n) is 4.98. The summed E-state index contributed by atoms with van der Waals surface area (Å²) in [6, 6.07) is 0. The maximum atomic E-state index is 11.4. The first-order chi connectivity index (χ1) is 6.22. The number of carbonyl (C=O) groups excluding carboxylic acids is 1. The Morgan fingerprint density at radius 3 is 2.31 bits per heavy atom. The lowest BCUT2D eigenvalue weighted by molar-refractivity contribution is -0.150. The molecule has 3 heteroatoms. The maximum absolute atomic E-state index is 11.4. The molecule has 0 aromatic rings. The molecule has 2 aliphatic rings. The molecule has 0 aromatic heterocycles. The Balaban J connectivity index is 2.10. The normalized spacial score (nSPS) is 43.2. The van der Waals surface area contributed by atoms with E-state index in [9.17, 15) is 9.90 Å². The highest BCUT2D eigenvalue weighted by molar-refractivity contribution is 5.73. The molecule has 2 bridgehead atoms.